The maximum atomic E-state index is 12.0. The zero-order chi connectivity index (χ0) is 18.5. The minimum atomic E-state index is -0.586. The lowest BCUT2D eigenvalue weighted by molar-refractivity contribution is -0.384. The van der Waals surface area contributed by atoms with E-state index in [9.17, 15) is 19.7 Å². The van der Waals surface area contributed by atoms with Crippen molar-refractivity contribution < 1.29 is 18.9 Å². The molecule has 2 amide bonds. The SMILES string of the molecule is O=C(CNc1ccc(C(=O)NC2CC2)cc1[N+](=O)[O-])NCc1ccco1. The molecule has 0 spiro atoms. The number of nitro groups is 1. The van der Waals surface area contributed by atoms with Gasteiger partial charge in [-0.15, -0.1) is 0 Å². The molecule has 136 valence electrons. The van der Waals surface area contributed by atoms with Crippen LogP contribution in [0, 0.1) is 10.1 Å². The van der Waals surface area contributed by atoms with Crippen molar-refractivity contribution in [1.29, 1.82) is 0 Å². The van der Waals surface area contributed by atoms with Gasteiger partial charge in [-0.3, -0.25) is 19.7 Å². The van der Waals surface area contributed by atoms with E-state index in [1.807, 2.05) is 0 Å². The van der Waals surface area contributed by atoms with E-state index in [1.165, 1.54) is 24.5 Å². The second kappa shape index (κ2) is 7.68. The highest BCUT2D eigenvalue weighted by molar-refractivity contribution is 5.96. The molecule has 3 rings (SSSR count). The Bertz CT molecular complexity index is 815. The van der Waals surface area contributed by atoms with Gasteiger partial charge in [0.25, 0.3) is 11.6 Å². The smallest absolute Gasteiger partial charge is 0.293 e. The topological polar surface area (TPSA) is 127 Å². The number of nitrogens with one attached hydrogen (secondary N) is 3. The lowest BCUT2D eigenvalue weighted by Crippen LogP contribution is -2.29. The van der Waals surface area contributed by atoms with Crippen LogP contribution in [0.5, 0.6) is 0 Å². The molecular formula is C17H18N4O5. The van der Waals surface area contributed by atoms with E-state index in [2.05, 4.69) is 16.0 Å². The van der Waals surface area contributed by atoms with Crippen molar-refractivity contribution >= 4 is 23.2 Å². The first-order valence-corrected chi connectivity index (χ1v) is 8.15. The number of hydrogen-bond acceptors (Lipinski definition) is 6. The van der Waals surface area contributed by atoms with Crippen molar-refractivity contribution in [2.45, 2.75) is 25.4 Å². The maximum absolute atomic E-state index is 12.0. The molecule has 2 aromatic rings. The number of hydrogen-bond donors (Lipinski definition) is 3. The van der Waals surface area contributed by atoms with Crippen LogP contribution in [0.4, 0.5) is 11.4 Å². The van der Waals surface area contributed by atoms with Crippen LogP contribution in [-0.4, -0.2) is 29.3 Å². The van der Waals surface area contributed by atoms with Crippen molar-refractivity contribution in [2.24, 2.45) is 0 Å². The molecule has 0 bridgehead atoms. The van der Waals surface area contributed by atoms with E-state index in [4.69, 9.17) is 4.42 Å². The van der Waals surface area contributed by atoms with Crippen molar-refractivity contribution in [1.82, 2.24) is 10.6 Å². The molecule has 1 aliphatic carbocycles. The lowest BCUT2D eigenvalue weighted by Gasteiger charge is -2.09. The third-order valence-corrected chi connectivity index (χ3v) is 3.85. The molecule has 1 fully saturated rings. The van der Waals surface area contributed by atoms with E-state index < -0.39 is 4.92 Å². The first-order chi connectivity index (χ1) is 12.5. The molecule has 1 aliphatic rings. The van der Waals surface area contributed by atoms with Crippen molar-refractivity contribution in [2.75, 3.05) is 11.9 Å². The van der Waals surface area contributed by atoms with Crippen LogP contribution in [0.2, 0.25) is 0 Å². The Labute approximate surface area is 148 Å². The van der Waals surface area contributed by atoms with Crippen LogP contribution in [-0.2, 0) is 11.3 Å². The first-order valence-electron chi connectivity index (χ1n) is 8.15. The number of nitro benzene ring substituents is 1. The van der Waals surface area contributed by atoms with Gasteiger partial charge in [0.2, 0.25) is 5.91 Å². The van der Waals surface area contributed by atoms with Gasteiger partial charge in [0.05, 0.1) is 24.3 Å². The normalized spacial score (nSPS) is 13.1. The van der Waals surface area contributed by atoms with Gasteiger partial charge in [0, 0.05) is 17.7 Å². The number of benzene rings is 1. The lowest BCUT2D eigenvalue weighted by atomic mass is 10.1. The van der Waals surface area contributed by atoms with Crippen LogP contribution >= 0.6 is 0 Å². The Kier molecular flexibility index (Phi) is 5.16. The molecule has 1 aromatic heterocycles. The van der Waals surface area contributed by atoms with Gasteiger partial charge in [-0.05, 0) is 37.1 Å². The quantitative estimate of drug-likeness (QED) is 0.488. The minimum absolute atomic E-state index is 0.144. The summed E-state index contributed by atoms with van der Waals surface area (Å²) in [6, 6.07) is 7.74. The summed E-state index contributed by atoms with van der Waals surface area (Å²) >= 11 is 0. The minimum Gasteiger partial charge on any atom is -0.467 e. The third kappa shape index (κ3) is 4.59. The summed E-state index contributed by atoms with van der Waals surface area (Å²) in [6.07, 6.45) is 3.37. The largest absolute Gasteiger partial charge is 0.467 e. The van der Waals surface area contributed by atoms with Crippen LogP contribution < -0.4 is 16.0 Å². The van der Waals surface area contributed by atoms with Gasteiger partial charge in [-0.2, -0.15) is 0 Å². The van der Waals surface area contributed by atoms with Crippen LogP contribution in [0.25, 0.3) is 0 Å². The first kappa shape index (κ1) is 17.5. The molecule has 9 heteroatoms. The Hall–Kier alpha value is -3.36. The Morgan fingerprint density at radius 3 is 2.73 bits per heavy atom. The van der Waals surface area contributed by atoms with Gasteiger partial charge < -0.3 is 20.4 Å². The highest BCUT2D eigenvalue weighted by Gasteiger charge is 2.25. The Balaban J connectivity index is 1.59. The number of carbonyl (C=O) groups is 2. The molecule has 3 N–H and O–H groups in total. The fourth-order valence-electron chi connectivity index (χ4n) is 2.31. The standard InChI is InChI=1S/C17H18N4O5/c22-16(19-9-13-2-1-7-26-13)10-18-14-6-3-11(8-15(14)21(24)25)17(23)20-12-4-5-12/h1-3,6-8,12,18H,4-5,9-10H2,(H,19,22)(H,20,23). The van der Waals surface area contributed by atoms with E-state index in [0.717, 1.165) is 12.8 Å². The number of carbonyl (C=O) groups excluding carboxylic acids is 2. The third-order valence-electron chi connectivity index (χ3n) is 3.85. The fraction of sp³-hybridized carbons (Fsp3) is 0.294. The maximum Gasteiger partial charge on any atom is 0.293 e. The fourth-order valence-corrected chi connectivity index (χ4v) is 2.31. The monoisotopic (exact) mass is 358 g/mol. The average molecular weight is 358 g/mol. The summed E-state index contributed by atoms with van der Waals surface area (Å²) in [5, 5.41) is 19.4. The number of amides is 2. The molecule has 1 saturated carbocycles. The van der Waals surface area contributed by atoms with Crippen molar-refractivity contribution in [3.8, 4) is 0 Å². The van der Waals surface area contributed by atoms with Gasteiger partial charge in [-0.25, -0.2) is 0 Å². The molecule has 0 saturated heterocycles. The van der Waals surface area contributed by atoms with E-state index in [0.29, 0.717) is 5.76 Å². The zero-order valence-electron chi connectivity index (χ0n) is 13.9. The van der Waals surface area contributed by atoms with Gasteiger partial charge >= 0.3 is 0 Å². The number of anilines is 1. The van der Waals surface area contributed by atoms with Crippen LogP contribution in [0.3, 0.4) is 0 Å². The van der Waals surface area contributed by atoms with Crippen molar-refractivity contribution in [3.63, 3.8) is 0 Å². The molecule has 1 heterocycles. The molecule has 26 heavy (non-hydrogen) atoms. The molecular weight excluding hydrogens is 340 g/mol. The molecule has 0 aliphatic heterocycles. The highest BCUT2D eigenvalue weighted by atomic mass is 16.6. The highest BCUT2D eigenvalue weighted by Crippen LogP contribution is 2.26. The average Bonchev–Trinajstić information content (AvgIpc) is 3.28. The van der Waals surface area contributed by atoms with Gasteiger partial charge in [0.15, 0.2) is 0 Å². The Morgan fingerprint density at radius 1 is 1.27 bits per heavy atom. The summed E-state index contributed by atoms with van der Waals surface area (Å²) in [5.74, 6) is -0.0695. The van der Waals surface area contributed by atoms with E-state index in [1.54, 1.807) is 12.1 Å². The van der Waals surface area contributed by atoms with Crippen LogP contribution in [0.1, 0.15) is 29.0 Å². The van der Waals surface area contributed by atoms with E-state index in [-0.39, 0.29) is 47.9 Å². The summed E-state index contributed by atoms with van der Waals surface area (Å²) in [7, 11) is 0. The number of rotatable bonds is 8. The summed E-state index contributed by atoms with van der Waals surface area (Å²) in [4.78, 5) is 34.6. The molecule has 1 aromatic carbocycles. The van der Waals surface area contributed by atoms with Crippen molar-refractivity contribution in [3.05, 3.63) is 58.0 Å². The summed E-state index contributed by atoms with van der Waals surface area (Å²) in [5.41, 5.74) is 0.134. The van der Waals surface area contributed by atoms with Gasteiger partial charge in [-0.1, -0.05) is 0 Å². The molecule has 0 unspecified atom stereocenters. The summed E-state index contributed by atoms with van der Waals surface area (Å²) < 4.78 is 5.10. The van der Waals surface area contributed by atoms with Gasteiger partial charge in [0.1, 0.15) is 11.4 Å². The second-order valence-electron chi connectivity index (χ2n) is 5.95. The zero-order valence-corrected chi connectivity index (χ0v) is 13.9. The summed E-state index contributed by atoms with van der Waals surface area (Å²) in [6.45, 7) is 0.0883. The molecule has 9 nitrogen and oxygen atoms in total. The Morgan fingerprint density at radius 2 is 2.08 bits per heavy atom. The van der Waals surface area contributed by atoms with E-state index >= 15 is 0 Å². The molecule has 0 radical (unpaired) electrons. The van der Waals surface area contributed by atoms with Crippen LogP contribution in [0.15, 0.2) is 41.0 Å². The second-order valence-corrected chi connectivity index (χ2v) is 5.95. The molecule has 0 atom stereocenters. The number of furan rings is 1. The number of nitrogens with zero attached hydrogens (tertiary/aromatic N) is 1. The predicted octanol–water partition coefficient (Wildman–Crippen LogP) is 1.81. The predicted molar refractivity (Wildman–Crippen MR) is 92.6 cm³/mol.